The maximum absolute atomic E-state index is 13.3. The Morgan fingerprint density at radius 2 is 2.20 bits per heavy atom. The van der Waals surface area contributed by atoms with Crippen molar-refractivity contribution in [3.63, 3.8) is 0 Å². The number of anilines is 1. The monoisotopic (exact) mass is 270 g/mol. The van der Waals surface area contributed by atoms with Crippen molar-refractivity contribution in [2.75, 3.05) is 5.73 Å². The van der Waals surface area contributed by atoms with Gasteiger partial charge in [0.15, 0.2) is 11.6 Å². The van der Waals surface area contributed by atoms with Gasteiger partial charge in [-0.05, 0) is 34.5 Å². The van der Waals surface area contributed by atoms with Crippen LogP contribution in [0, 0.1) is 12.7 Å². The van der Waals surface area contributed by atoms with E-state index in [2.05, 4.69) is 21.1 Å². The van der Waals surface area contributed by atoms with Gasteiger partial charge in [-0.2, -0.15) is 0 Å². The fraction of sp³-hybridized carbons (Fsp3) is 0.100. The highest BCUT2D eigenvalue weighted by Crippen LogP contribution is 2.33. The van der Waals surface area contributed by atoms with Crippen LogP contribution in [0.15, 0.2) is 27.2 Å². The number of hydrogen-bond donors (Lipinski definition) is 1. The zero-order chi connectivity index (χ0) is 11.0. The summed E-state index contributed by atoms with van der Waals surface area (Å²) in [7, 11) is 0. The van der Waals surface area contributed by atoms with E-state index in [1.54, 1.807) is 12.1 Å². The average molecular weight is 271 g/mol. The molecule has 0 aliphatic carbocycles. The number of rotatable bonds is 1. The van der Waals surface area contributed by atoms with Crippen LogP contribution in [0.25, 0.3) is 11.3 Å². The molecule has 0 atom stereocenters. The summed E-state index contributed by atoms with van der Waals surface area (Å²) in [5.74, 6) is 0.391. The molecule has 0 radical (unpaired) electrons. The van der Waals surface area contributed by atoms with Gasteiger partial charge in [0.1, 0.15) is 5.82 Å². The number of aromatic nitrogens is 1. The third-order valence-electron chi connectivity index (χ3n) is 2.08. The molecule has 1 aromatic carbocycles. The average Bonchev–Trinajstić information content (AvgIpc) is 2.59. The smallest absolute Gasteiger partial charge is 0.170 e. The van der Waals surface area contributed by atoms with Crippen LogP contribution in [-0.4, -0.2) is 5.16 Å². The lowest BCUT2D eigenvalue weighted by Gasteiger charge is -2.05. The first-order valence-corrected chi connectivity index (χ1v) is 5.06. The molecule has 5 heteroatoms. The summed E-state index contributed by atoms with van der Waals surface area (Å²) >= 11 is 3.17. The highest BCUT2D eigenvalue weighted by atomic mass is 79.9. The molecule has 2 rings (SSSR count). The standard InChI is InChI=1S/C10H8BrFN2O/c1-5-2-3-6(12)10(11)9(5)7-4-8(13)14-15-7/h2-4H,1H3,(H2,13,14). The van der Waals surface area contributed by atoms with Gasteiger partial charge < -0.3 is 10.3 Å². The van der Waals surface area contributed by atoms with Crippen LogP contribution in [-0.2, 0) is 0 Å². The highest BCUT2D eigenvalue weighted by molar-refractivity contribution is 9.10. The van der Waals surface area contributed by atoms with Gasteiger partial charge in [-0.1, -0.05) is 11.2 Å². The van der Waals surface area contributed by atoms with Crippen molar-refractivity contribution >= 4 is 21.7 Å². The zero-order valence-electron chi connectivity index (χ0n) is 7.92. The molecule has 0 aliphatic rings. The molecule has 0 saturated heterocycles. The third kappa shape index (κ3) is 1.74. The molecule has 0 saturated carbocycles. The van der Waals surface area contributed by atoms with Gasteiger partial charge >= 0.3 is 0 Å². The summed E-state index contributed by atoms with van der Waals surface area (Å²) in [5.41, 5.74) is 6.97. The Hall–Kier alpha value is -1.36. The largest absolute Gasteiger partial charge is 0.381 e. The van der Waals surface area contributed by atoms with E-state index in [9.17, 15) is 4.39 Å². The van der Waals surface area contributed by atoms with Gasteiger partial charge in [0, 0.05) is 11.6 Å². The Kier molecular flexibility index (Phi) is 2.48. The summed E-state index contributed by atoms with van der Waals surface area (Å²) in [5, 5.41) is 3.56. The van der Waals surface area contributed by atoms with E-state index in [1.165, 1.54) is 6.07 Å². The summed E-state index contributed by atoms with van der Waals surface area (Å²) in [6, 6.07) is 4.63. The predicted octanol–water partition coefficient (Wildman–Crippen LogP) is 3.13. The van der Waals surface area contributed by atoms with E-state index in [0.717, 1.165) is 5.56 Å². The first kappa shape index (κ1) is 10.2. The number of aryl methyl sites for hydroxylation is 1. The Bertz CT molecular complexity index is 510. The second kappa shape index (κ2) is 3.66. The SMILES string of the molecule is Cc1ccc(F)c(Br)c1-c1cc(N)no1. The topological polar surface area (TPSA) is 52.0 Å². The van der Waals surface area contributed by atoms with Gasteiger partial charge in [0.05, 0.1) is 4.47 Å². The maximum atomic E-state index is 13.3. The minimum absolute atomic E-state index is 0.278. The van der Waals surface area contributed by atoms with Crippen LogP contribution in [0.3, 0.4) is 0 Å². The van der Waals surface area contributed by atoms with Crippen molar-refractivity contribution in [1.82, 2.24) is 5.16 Å². The first-order valence-electron chi connectivity index (χ1n) is 4.26. The van der Waals surface area contributed by atoms with E-state index >= 15 is 0 Å². The van der Waals surface area contributed by atoms with E-state index < -0.39 is 0 Å². The molecule has 0 fully saturated rings. The van der Waals surface area contributed by atoms with Crippen LogP contribution >= 0.6 is 15.9 Å². The van der Waals surface area contributed by atoms with Gasteiger partial charge in [0.2, 0.25) is 0 Å². The molecule has 2 aromatic rings. The minimum Gasteiger partial charge on any atom is -0.381 e. The lowest BCUT2D eigenvalue weighted by atomic mass is 10.1. The molecule has 1 heterocycles. The molecule has 78 valence electrons. The number of nitrogens with zero attached hydrogens (tertiary/aromatic N) is 1. The summed E-state index contributed by atoms with van der Waals surface area (Å²) in [6.07, 6.45) is 0. The van der Waals surface area contributed by atoms with E-state index in [4.69, 9.17) is 10.3 Å². The summed E-state index contributed by atoms with van der Waals surface area (Å²) in [6.45, 7) is 1.86. The predicted molar refractivity (Wildman–Crippen MR) is 58.7 cm³/mol. The summed E-state index contributed by atoms with van der Waals surface area (Å²) in [4.78, 5) is 0. The van der Waals surface area contributed by atoms with Gasteiger partial charge in [-0.3, -0.25) is 0 Å². The number of nitrogens with two attached hydrogens (primary N) is 1. The molecule has 3 nitrogen and oxygen atoms in total. The molecule has 2 N–H and O–H groups in total. The van der Waals surface area contributed by atoms with Crippen LogP contribution in [0.5, 0.6) is 0 Å². The molecule has 0 aliphatic heterocycles. The lowest BCUT2D eigenvalue weighted by molar-refractivity contribution is 0.435. The number of hydrogen-bond acceptors (Lipinski definition) is 3. The molecule has 0 spiro atoms. The molecule has 0 bridgehead atoms. The fourth-order valence-electron chi connectivity index (χ4n) is 1.36. The highest BCUT2D eigenvalue weighted by Gasteiger charge is 2.14. The van der Waals surface area contributed by atoms with Crippen molar-refractivity contribution in [3.8, 4) is 11.3 Å². The molecule has 15 heavy (non-hydrogen) atoms. The van der Waals surface area contributed by atoms with Crippen LogP contribution in [0.4, 0.5) is 10.2 Å². The number of benzene rings is 1. The van der Waals surface area contributed by atoms with E-state index in [-0.39, 0.29) is 11.6 Å². The summed E-state index contributed by atoms with van der Waals surface area (Å²) < 4.78 is 18.7. The van der Waals surface area contributed by atoms with Crippen LogP contribution in [0.1, 0.15) is 5.56 Å². The Balaban J connectivity index is 2.66. The normalized spacial score (nSPS) is 10.6. The molecule has 0 unspecified atom stereocenters. The Labute approximate surface area is 94.2 Å². The number of halogens is 2. The van der Waals surface area contributed by atoms with Gasteiger partial charge in [-0.15, -0.1) is 0 Å². The third-order valence-corrected chi connectivity index (χ3v) is 2.85. The van der Waals surface area contributed by atoms with Gasteiger partial charge in [-0.25, -0.2) is 4.39 Å². The molecule has 1 aromatic heterocycles. The Morgan fingerprint density at radius 3 is 2.80 bits per heavy atom. The van der Waals surface area contributed by atoms with Crippen molar-refractivity contribution in [2.24, 2.45) is 0 Å². The van der Waals surface area contributed by atoms with Crippen molar-refractivity contribution in [2.45, 2.75) is 6.92 Å². The van der Waals surface area contributed by atoms with Gasteiger partial charge in [0.25, 0.3) is 0 Å². The minimum atomic E-state index is -0.342. The van der Waals surface area contributed by atoms with E-state index in [1.807, 2.05) is 6.92 Å². The Morgan fingerprint density at radius 1 is 1.47 bits per heavy atom. The lowest BCUT2D eigenvalue weighted by Crippen LogP contribution is -1.87. The zero-order valence-corrected chi connectivity index (χ0v) is 9.51. The van der Waals surface area contributed by atoms with Crippen LogP contribution < -0.4 is 5.73 Å². The second-order valence-electron chi connectivity index (χ2n) is 3.17. The first-order chi connectivity index (χ1) is 7.09. The maximum Gasteiger partial charge on any atom is 0.170 e. The molecular weight excluding hydrogens is 263 g/mol. The molecular formula is C10H8BrFN2O. The number of nitrogen functional groups attached to an aromatic ring is 1. The molecule has 0 amide bonds. The quantitative estimate of drug-likeness (QED) is 0.866. The van der Waals surface area contributed by atoms with E-state index in [0.29, 0.717) is 15.8 Å². The fourth-order valence-corrected chi connectivity index (χ4v) is 2.00. The second-order valence-corrected chi connectivity index (χ2v) is 3.96. The van der Waals surface area contributed by atoms with Crippen molar-refractivity contribution in [1.29, 1.82) is 0 Å². The van der Waals surface area contributed by atoms with Crippen LogP contribution in [0.2, 0.25) is 0 Å². The van der Waals surface area contributed by atoms with Crippen molar-refractivity contribution < 1.29 is 8.91 Å². The van der Waals surface area contributed by atoms with Crippen molar-refractivity contribution in [3.05, 3.63) is 34.1 Å².